The molecule has 1 saturated heterocycles. The predicted molar refractivity (Wildman–Crippen MR) is 116 cm³/mol. The Labute approximate surface area is 167 Å². The summed E-state index contributed by atoms with van der Waals surface area (Å²) in [7, 11) is 0. The van der Waals surface area contributed by atoms with Crippen LogP contribution in [0.1, 0.15) is 44.7 Å². The molecule has 27 heavy (non-hydrogen) atoms. The Bertz CT molecular complexity index is 774. The molecule has 0 aromatic heterocycles. The molecule has 142 valence electrons. The number of amides is 1. The van der Waals surface area contributed by atoms with Crippen LogP contribution in [0.15, 0.2) is 54.6 Å². The predicted octanol–water partition coefficient (Wildman–Crippen LogP) is 4.89. The van der Waals surface area contributed by atoms with Crippen molar-refractivity contribution >= 4 is 34.6 Å². The minimum Gasteiger partial charge on any atom is -0.356 e. The molecule has 1 atom stereocenters. The van der Waals surface area contributed by atoms with Gasteiger partial charge < -0.3 is 15.5 Å². The number of thiocarbonyl (C=S) groups is 1. The highest BCUT2D eigenvalue weighted by Gasteiger charge is 2.21. The molecule has 1 fully saturated rings. The van der Waals surface area contributed by atoms with E-state index >= 15 is 0 Å². The summed E-state index contributed by atoms with van der Waals surface area (Å²) in [5.41, 5.74) is 3.10. The summed E-state index contributed by atoms with van der Waals surface area (Å²) < 4.78 is 0. The highest BCUT2D eigenvalue weighted by molar-refractivity contribution is 7.80. The van der Waals surface area contributed by atoms with Gasteiger partial charge >= 0.3 is 0 Å². The average Bonchev–Trinajstić information content (AvgIpc) is 3.08. The first-order valence-corrected chi connectivity index (χ1v) is 9.96. The van der Waals surface area contributed by atoms with E-state index in [1.807, 2.05) is 35.2 Å². The second kappa shape index (κ2) is 9.00. The van der Waals surface area contributed by atoms with E-state index in [2.05, 4.69) is 48.7 Å². The number of carbonyl (C=O) groups excluding carboxylic acids is 1. The minimum atomic E-state index is 0.174. The van der Waals surface area contributed by atoms with Gasteiger partial charge in [0.05, 0.1) is 6.04 Å². The van der Waals surface area contributed by atoms with Crippen LogP contribution in [0.3, 0.4) is 0 Å². The summed E-state index contributed by atoms with van der Waals surface area (Å²) in [6, 6.07) is 18.4. The van der Waals surface area contributed by atoms with Crippen LogP contribution in [0.2, 0.25) is 0 Å². The molecule has 2 N–H and O–H groups in total. The lowest BCUT2D eigenvalue weighted by Crippen LogP contribution is -2.33. The van der Waals surface area contributed by atoms with Crippen molar-refractivity contribution in [1.29, 1.82) is 0 Å². The molecule has 0 saturated carbocycles. The number of carbonyl (C=O) groups is 1. The van der Waals surface area contributed by atoms with Gasteiger partial charge in [-0.05, 0) is 60.8 Å². The first-order chi connectivity index (χ1) is 13.0. The number of anilines is 2. The third-order valence-electron chi connectivity index (χ3n) is 4.72. The van der Waals surface area contributed by atoms with Crippen molar-refractivity contribution in [3.05, 3.63) is 60.2 Å². The van der Waals surface area contributed by atoms with Gasteiger partial charge in [-0.25, -0.2) is 0 Å². The molecule has 3 rings (SSSR count). The topological polar surface area (TPSA) is 44.4 Å². The summed E-state index contributed by atoms with van der Waals surface area (Å²) in [5.74, 6) is 0.759. The quantitative estimate of drug-likeness (QED) is 0.700. The number of hydrogen-bond donors (Lipinski definition) is 2. The second-order valence-electron chi connectivity index (χ2n) is 7.39. The van der Waals surface area contributed by atoms with Gasteiger partial charge in [0.25, 0.3) is 0 Å². The van der Waals surface area contributed by atoms with E-state index in [-0.39, 0.29) is 11.9 Å². The number of nitrogens with one attached hydrogen (secondary N) is 2. The molecular formula is C22H27N3OS. The lowest BCUT2D eigenvalue weighted by molar-refractivity contribution is -0.117. The molecular weight excluding hydrogens is 354 g/mol. The Hall–Kier alpha value is -2.40. The van der Waals surface area contributed by atoms with Gasteiger partial charge in [0, 0.05) is 24.3 Å². The second-order valence-corrected chi connectivity index (χ2v) is 7.80. The summed E-state index contributed by atoms with van der Waals surface area (Å²) >= 11 is 5.54. The summed E-state index contributed by atoms with van der Waals surface area (Å²) in [6.45, 7) is 5.23. The van der Waals surface area contributed by atoms with Crippen LogP contribution in [0.25, 0.3) is 0 Å². The van der Waals surface area contributed by atoms with Crippen LogP contribution in [0.5, 0.6) is 0 Å². The van der Waals surface area contributed by atoms with E-state index in [0.717, 1.165) is 30.8 Å². The standard InChI is InChI=1S/C22H27N3OS/c1-16(2)15-20(17-7-4-3-5-8-17)24-22(27)23-18-10-12-19(13-11-18)25-14-6-9-21(25)26/h3-5,7-8,10-13,16,20H,6,9,14-15H2,1-2H3,(H2,23,24,27). The van der Waals surface area contributed by atoms with Crippen LogP contribution >= 0.6 is 12.2 Å². The number of rotatable bonds is 6. The maximum absolute atomic E-state index is 11.9. The lowest BCUT2D eigenvalue weighted by atomic mass is 9.97. The van der Waals surface area contributed by atoms with E-state index in [9.17, 15) is 4.79 Å². The SMILES string of the molecule is CC(C)CC(NC(=S)Nc1ccc(N2CCCC2=O)cc1)c1ccccc1. The van der Waals surface area contributed by atoms with Crippen LogP contribution < -0.4 is 15.5 Å². The third-order valence-corrected chi connectivity index (χ3v) is 4.94. The van der Waals surface area contributed by atoms with Crippen molar-refractivity contribution < 1.29 is 4.79 Å². The van der Waals surface area contributed by atoms with E-state index in [1.165, 1.54) is 5.56 Å². The Morgan fingerprint density at radius 3 is 2.41 bits per heavy atom. The molecule has 1 aliphatic rings. The largest absolute Gasteiger partial charge is 0.356 e. The van der Waals surface area contributed by atoms with Crippen molar-refractivity contribution in [1.82, 2.24) is 5.32 Å². The molecule has 0 spiro atoms. The fourth-order valence-electron chi connectivity index (χ4n) is 3.41. The maximum atomic E-state index is 11.9. The Morgan fingerprint density at radius 2 is 1.81 bits per heavy atom. The zero-order valence-corrected chi connectivity index (χ0v) is 16.8. The van der Waals surface area contributed by atoms with Crippen LogP contribution in [-0.2, 0) is 4.79 Å². The van der Waals surface area contributed by atoms with Crippen LogP contribution in [-0.4, -0.2) is 17.6 Å². The molecule has 2 aromatic rings. The molecule has 1 amide bonds. The first-order valence-electron chi connectivity index (χ1n) is 9.56. The van der Waals surface area contributed by atoms with Gasteiger partial charge in [-0.2, -0.15) is 0 Å². The van der Waals surface area contributed by atoms with Gasteiger partial charge in [0.15, 0.2) is 5.11 Å². The minimum absolute atomic E-state index is 0.174. The van der Waals surface area contributed by atoms with Crippen LogP contribution in [0.4, 0.5) is 11.4 Å². The van der Waals surface area contributed by atoms with Crippen molar-refractivity contribution in [2.45, 2.75) is 39.2 Å². The number of hydrogen-bond acceptors (Lipinski definition) is 2. The van der Waals surface area contributed by atoms with Gasteiger partial charge in [0.2, 0.25) is 5.91 Å². The van der Waals surface area contributed by atoms with Crippen LogP contribution in [0, 0.1) is 5.92 Å². The molecule has 2 aromatic carbocycles. The maximum Gasteiger partial charge on any atom is 0.227 e. The fourth-order valence-corrected chi connectivity index (χ4v) is 3.67. The average molecular weight is 382 g/mol. The van der Waals surface area contributed by atoms with Gasteiger partial charge in [-0.15, -0.1) is 0 Å². The number of benzene rings is 2. The molecule has 0 bridgehead atoms. The van der Waals surface area contributed by atoms with Crippen molar-refractivity contribution in [3.8, 4) is 0 Å². The van der Waals surface area contributed by atoms with E-state index in [1.54, 1.807) is 0 Å². The zero-order valence-electron chi connectivity index (χ0n) is 15.9. The number of nitrogens with zero attached hydrogens (tertiary/aromatic N) is 1. The van der Waals surface area contributed by atoms with E-state index in [4.69, 9.17) is 12.2 Å². The van der Waals surface area contributed by atoms with Gasteiger partial charge in [-0.1, -0.05) is 44.2 Å². The van der Waals surface area contributed by atoms with E-state index in [0.29, 0.717) is 17.5 Å². The summed E-state index contributed by atoms with van der Waals surface area (Å²) in [4.78, 5) is 13.7. The third kappa shape index (κ3) is 5.30. The Kier molecular flexibility index (Phi) is 6.45. The molecule has 0 radical (unpaired) electrons. The highest BCUT2D eigenvalue weighted by atomic mass is 32.1. The van der Waals surface area contributed by atoms with Gasteiger partial charge in [0.1, 0.15) is 0 Å². The Morgan fingerprint density at radius 1 is 1.11 bits per heavy atom. The fraction of sp³-hybridized carbons (Fsp3) is 0.364. The zero-order chi connectivity index (χ0) is 19.2. The molecule has 1 heterocycles. The van der Waals surface area contributed by atoms with Crippen molar-refractivity contribution in [2.24, 2.45) is 5.92 Å². The summed E-state index contributed by atoms with van der Waals surface area (Å²) in [6.07, 6.45) is 2.58. The smallest absolute Gasteiger partial charge is 0.227 e. The van der Waals surface area contributed by atoms with Crippen molar-refractivity contribution in [2.75, 3.05) is 16.8 Å². The summed E-state index contributed by atoms with van der Waals surface area (Å²) in [5, 5.41) is 7.31. The van der Waals surface area contributed by atoms with Gasteiger partial charge in [-0.3, -0.25) is 4.79 Å². The molecule has 1 unspecified atom stereocenters. The molecule has 4 nitrogen and oxygen atoms in total. The van der Waals surface area contributed by atoms with E-state index < -0.39 is 0 Å². The highest BCUT2D eigenvalue weighted by Crippen LogP contribution is 2.24. The normalized spacial score (nSPS) is 15.1. The molecule has 1 aliphatic heterocycles. The Balaban J connectivity index is 1.62. The molecule has 0 aliphatic carbocycles. The lowest BCUT2D eigenvalue weighted by Gasteiger charge is -2.23. The molecule has 5 heteroatoms. The van der Waals surface area contributed by atoms with Crippen molar-refractivity contribution in [3.63, 3.8) is 0 Å². The monoisotopic (exact) mass is 381 g/mol. The first kappa shape index (κ1) is 19.4.